The molecule has 2 heterocycles. The Morgan fingerprint density at radius 1 is 1.29 bits per heavy atom. The lowest BCUT2D eigenvalue weighted by atomic mass is 10.1. The summed E-state index contributed by atoms with van der Waals surface area (Å²) in [7, 11) is 0. The quantitative estimate of drug-likeness (QED) is 0.888. The van der Waals surface area contributed by atoms with Crippen molar-refractivity contribution in [2.24, 2.45) is 0 Å². The molecule has 0 amide bonds. The van der Waals surface area contributed by atoms with Crippen molar-refractivity contribution in [2.75, 3.05) is 6.54 Å². The molecule has 0 spiro atoms. The van der Waals surface area contributed by atoms with E-state index in [1.165, 1.54) is 10.4 Å². The zero-order valence-electron chi connectivity index (χ0n) is 9.69. The topological polar surface area (TPSA) is 24.9 Å². The SMILES string of the molecule is CCCNC(c1ccncc1)c1ccc(Cl)s1. The molecule has 0 aliphatic heterocycles. The minimum Gasteiger partial charge on any atom is -0.306 e. The minimum atomic E-state index is 0.218. The highest BCUT2D eigenvalue weighted by Crippen LogP contribution is 2.30. The monoisotopic (exact) mass is 266 g/mol. The van der Waals surface area contributed by atoms with Crippen molar-refractivity contribution in [3.8, 4) is 0 Å². The highest BCUT2D eigenvalue weighted by molar-refractivity contribution is 7.16. The lowest BCUT2D eigenvalue weighted by Gasteiger charge is -2.17. The number of thiophene rings is 1. The summed E-state index contributed by atoms with van der Waals surface area (Å²) in [4.78, 5) is 5.30. The van der Waals surface area contributed by atoms with Crippen LogP contribution in [0.25, 0.3) is 0 Å². The lowest BCUT2D eigenvalue weighted by molar-refractivity contribution is 0.605. The second-order valence-electron chi connectivity index (χ2n) is 3.81. The van der Waals surface area contributed by atoms with E-state index < -0.39 is 0 Å². The zero-order valence-corrected chi connectivity index (χ0v) is 11.3. The van der Waals surface area contributed by atoms with Crippen LogP contribution in [0, 0.1) is 0 Å². The molecular weight excluding hydrogens is 252 g/mol. The van der Waals surface area contributed by atoms with Crippen molar-refractivity contribution in [2.45, 2.75) is 19.4 Å². The normalized spacial score (nSPS) is 12.6. The smallest absolute Gasteiger partial charge is 0.0931 e. The predicted molar refractivity (Wildman–Crippen MR) is 73.7 cm³/mol. The molecule has 0 fully saturated rings. The number of hydrogen-bond donors (Lipinski definition) is 1. The molecule has 1 atom stereocenters. The van der Waals surface area contributed by atoms with Crippen LogP contribution in [-0.2, 0) is 0 Å². The lowest BCUT2D eigenvalue weighted by Crippen LogP contribution is -2.22. The first-order valence-corrected chi connectivity index (χ1v) is 6.89. The molecule has 17 heavy (non-hydrogen) atoms. The van der Waals surface area contributed by atoms with Gasteiger partial charge in [0.2, 0.25) is 0 Å². The first-order valence-electron chi connectivity index (χ1n) is 5.70. The minimum absolute atomic E-state index is 0.218. The van der Waals surface area contributed by atoms with Crippen molar-refractivity contribution >= 4 is 22.9 Å². The van der Waals surface area contributed by atoms with Gasteiger partial charge < -0.3 is 5.32 Å². The molecule has 0 aromatic carbocycles. The first kappa shape index (κ1) is 12.6. The molecule has 2 rings (SSSR count). The summed E-state index contributed by atoms with van der Waals surface area (Å²) < 4.78 is 0.831. The van der Waals surface area contributed by atoms with Crippen LogP contribution in [0.2, 0.25) is 4.34 Å². The fourth-order valence-electron chi connectivity index (χ4n) is 1.71. The van der Waals surface area contributed by atoms with Gasteiger partial charge in [-0.2, -0.15) is 0 Å². The maximum atomic E-state index is 6.00. The molecule has 0 aliphatic carbocycles. The van der Waals surface area contributed by atoms with Crippen molar-refractivity contribution < 1.29 is 0 Å². The third kappa shape index (κ3) is 3.28. The number of aromatic nitrogens is 1. The number of rotatable bonds is 5. The fraction of sp³-hybridized carbons (Fsp3) is 0.308. The summed E-state index contributed by atoms with van der Waals surface area (Å²) in [5.74, 6) is 0. The van der Waals surface area contributed by atoms with Gasteiger partial charge >= 0.3 is 0 Å². The van der Waals surface area contributed by atoms with Gasteiger partial charge in [-0.3, -0.25) is 4.98 Å². The van der Waals surface area contributed by atoms with E-state index in [0.29, 0.717) is 0 Å². The Morgan fingerprint density at radius 3 is 2.65 bits per heavy atom. The summed E-state index contributed by atoms with van der Waals surface area (Å²) >= 11 is 7.63. The van der Waals surface area contributed by atoms with Gasteiger partial charge in [0.15, 0.2) is 0 Å². The summed E-state index contributed by atoms with van der Waals surface area (Å²) in [5, 5.41) is 3.54. The third-order valence-corrected chi connectivity index (χ3v) is 3.81. The summed E-state index contributed by atoms with van der Waals surface area (Å²) in [5.41, 5.74) is 1.23. The molecule has 0 saturated heterocycles. The summed E-state index contributed by atoms with van der Waals surface area (Å²) in [6, 6.07) is 8.34. The van der Waals surface area contributed by atoms with E-state index in [1.54, 1.807) is 11.3 Å². The van der Waals surface area contributed by atoms with E-state index in [9.17, 15) is 0 Å². The van der Waals surface area contributed by atoms with E-state index in [2.05, 4.69) is 23.3 Å². The van der Waals surface area contributed by atoms with Crippen molar-refractivity contribution in [1.82, 2.24) is 10.3 Å². The van der Waals surface area contributed by atoms with Gasteiger partial charge in [0.1, 0.15) is 0 Å². The maximum absolute atomic E-state index is 6.00. The second kappa shape index (κ2) is 6.15. The van der Waals surface area contributed by atoms with Crippen LogP contribution in [0.15, 0.2) is 36.7 Å². The molecule has 0 radical (unpaired) electrons. The van der Waals surface area contributed by atoms with Crippen LogP contribution in [-0.4, -0.2) is 11.5 Å². The molecule has 90 valence electrons. The maximum Gasteiger partial charge on any atom is 0.0931 e. The molecule has 1 N–H and O–H groups in total. The molecule has 0 bridgehead atoms. The average molecular weight is 267 g/mol. The van der Waals surface area contributed by atoms with Gasteiger partial charge in [-0.15, -0.1) is 11.3 Å². The van der Waals surface area contributed by atoms with E-state index in [4.69, 9.17) is 11.6 Å². The Hall–Kier alpha value is -0.900. The van der Waals surface area contributed by atoms with E-state index in [-0.39, 0.29) is 6.04 Å². The largest absolute Gasteiger partial charge is 0.306 e. The van der Waals surface area contributed by atoms with E-state index >= 15 is 0 Å². The number of nitrogens with zero attached hydrogens (tertiary/aromatic N) is 1. The van der Waals surface area contributed by atoms with E-state index in [1.807, 2.05) is 30.6 Å². The predicted octanol–water partition coefficient (Wildman–Crippen LogP) is 3.89. The van der Waals surface area contributed by atoms with Gasteiger partial charge in [-0.05, 0) is 42.8 Å². The van der Waals surface area contributed by atoms with Crippen LogP contribution in [0.1, 0.15) is 29.8 Å². The molecular formula is C13H15ClN2S. The van der Waals surface area contributed by atoms with Crippen LogP contribution >= 0.6 is 22.9 Å². The third-order valence-electron chi connectivity index (χ3n) is 2.52. The Bertz CT molecular complexity index is 455. The Morgan fingerprint density at radius 2 is 2.06 bits per heavy atom. The van der Waals surface area contributed by atoms with Crippen LogP contribution in [0.3, 0.4) is 0 Å². The summed E-state index contributed by atoms with van der Waals surface area (Å²) in [6.45, 7) is 3.15. The van der Waals surface area contributed by atoms with Crippen molar-refractivity contribution in [3.05, 3.63) is 51.4 Å². The Labute approximate surface area is 111 Å². The van der Waals surface area contributed by atoms with Crippen LogP contribution in [0.4, 0.5) is 0 Å². The molecule has 2 nitrogen and oxygen atoms in total. The van der Waals surface area contributed by atoms with Crippen LogP contribution in [0.5, 0.6) is 0 Å². The van der Waals surface area contributed by atoms with Gasteiger partial charge in [0, 0.05) is 17.3 Å². The van der Waals surface area contributed by atoms with Gasteiger partial charge in [0.25, 0.3) is 0 Å². The van der Waals surface area contributed by atoms with Gasteiger partial charge in [0.05, 0.1) is 10.4 Å². The summed E-state index contributed by atoms with van der Waals surface area (Å²) in [6.07, 6.45) is 4.76. The molecule has 2 aromatic rings. The number of halogens is 1. The highest BCUT2D eigenvalue weighted by atomic mass is 35.5. The second-order valence-corrected chi connectivity index (χ2v) is 5.56. The molecule has 4 heteroatoms. The molecule has 1 unspecified atom stereocenters. The Balaban J connectivity index is 2.25. The molecule has 0 aliphatic rings. The Kier molecular flexibility index (Phi) is 4.54. The highest BCUT2D eigenvalue weighted by Gasteiger charge is 2.14. The number of hydrogen-bond acceptors (Lipinski definition) is 3. The number of pyridine rings is 1. The molecule has 2 aromatic heterocycles. The first-order chi connectivity index (χ1) is 8.31. The number of nitrogens with one attached hydrogen (secondary N) is 1. The average Bonchev–Trinajstić information content (AvgIpc) is 2.78. The zero-order chi connectivity index (χ0) is 12.1. The van der Waals surface area contributed by atoms with Gasteiger partial charge in [-0.25, -0.2) is 0 Å². The van der Waals surface area contributed by atoms with Crippen molar-refractivity contribution in [3.63, 3.8) is 0 Å². The van der Waals surface area contributed by atoms with Crippen LogP contribution < -0.4 is 5.32 Å². The van der Waals surface area contributed by atoms with Gasteiger partial charge in [-0.1, -0.05) is 18.5 Å². The molecule has 0 saturated carbocycles. The van der Waals surface area contributed by atoms with E-state index in [0.717, 1.165) is 17.3 Å². The van der Waals surface area contributed by atoms with Crippen molar-refractivity contribution in [1.29, 1.82) is 0 Å². The standard InChI is InChI=1S/C13H15ClN2S/c1-2-7-16-13(10-5-8-15-9-6-10)11-3-4-12(14)17-11/h3-6,8-9,13,16H,2,7H2,1H3. The fourth-order valence-corrected chi connectivity index (χ4v) is 2.88.